The van der Waals surface area contributed by atoms with Gasteiger partial charge in [0.15, 0.2) is 5.78 Å². The number of phenols is 1. The number of para-hydroxylation sites is 1. The van der Waals surface area contributed by atoms with Crippen molar-refractivity contribution in [2.75, 3.05) is 0 Å². The predicted octanol–water partition coefficient (Wildman–Crippen LogP) is 2.62. The van der Waals surface area contributed by atoms with E-state index in [-0.39, 0.29) is 31.0 Å². The monoisotopic (exact) mass is 262 g/mol. The minimum atomic E-state index is -0.159. The molecule has 0 unspecified atom stereocenters. The van der Waals surface area contributed by atoms with Crippen LogP contribution in [0.15, 0.2) is 54.6 Å². The number of ketones is 1. The first-order valence-corrected chi connectivity index (χ1v) is 4.67. The first kappa shape index (κ1) is 12.6. The second-order valence-corrected chi connectivity index (χ2v) is 3.21. The van der Waals surface area contributed by atoms with Crippen molar-refractivity contribution in [2.45, 2.75) is 0 Å². The van der Waals surface area contributed by atoms with Crippen LogP contribution in [0.3, 0.4) is 0 Å². The molecule has 0 saturated carbocycles. The maximum absolute atomic E-state index is 11.9. The molecule has 0 heterocycles. The minimum absolute atomic E-state index is 0. The summed E-state index contributed by atoms with van der Waals surface area (Å²) in [5, 5.41) is 9.52. The maximum atomic E-state index is 11.9. The Morgan fingerprint density at radius 1 is 0.875 bits per heavy atom. The third kappa shape index (κ3) is 2.56. The van der Waals surface area contributed by atoms with Crippen LogP contribution in [0.1, 0.15) is 15.9 Å². The number of carbonyl (C=O) groups is 1. The standard InChI is InChI=1S/C13H10O2.Zn/c14-12-9-5-4-8-11(12)13(15)10-6-2-1-3-7-10;/h1-9,14H;/q;+2. The summed E-state index contributed by atoms with van der Waals surface area (Å²) in [5.41, 5.74) is 0.919. The van der Waals surface area contributed by atoms with Crippen LogP contribution in [0, 0.1) is 0 Å². The molecule has 0 amide bonds. The Morgan fingerprint density at radius 2 is 1.44 bits per heavy atom. The van der Waals surface area contributed by atoms with Crippen LogP contribution in [0.25, 0.3) is 0 Å². The zero-order valence-corrected chi connectivity index (χ0v) is 11.7. The molecule has 0 saturated heterocycles. The van der Waals surface area contributed by atoms with Gasteiger partial charge >= 0.3 is 19.5 Å². The van der Waals surface area contributed by atoms with Crippen LogP contribution in [-0.2, 0) is 19.5 Å². The third-order valence-corrected chi connectivity index (χ3v) is 2.18. The van der Waals surface area contributed by atoms with Gasteiger partial charge in [-0.05, 0) is 12.1 Å². The molecule has 1 N–H and O–H groups in total. The fraction of sp³-hybridized carbons (Fsp3) is 0. The van der Waals surface area contributed by atoms with Gasteiger partial charge in [-0.25, -0.2) is 0 Å². The average molecular weight is 264 g/mol. The van der Waals surface area contributed by atoms with Crippen LogP contribution in [0.2, 0.25) is 0 Å². The molecule has 0 aliphatic carbocycles. The second-order valence-electron chi connectivity index (χ2n) is 3.21. The van der Waals surface area contributed by atoms with Crippen molar-refractivity contribution in [3.05, 3.63) is 65.7 Å². The Bertz CT molecular complexity index is 480. The van der Waals surface area contributed by atoms with E-state index in [1.807, 2.05) is 6.07 Å². The summed E-state index contributed by atoms with van der Waals surface area (Å²) in [6, 6.07) is 15.5. The van der Waals surface area contributed by atoms with Crippen molar-refractivity contribution >= 4 is 5.78 Å². The van der Waals surface area contributed by atoms with Crippen LogP contribution in [-0.4, -0.2) is 10.9 Å². The molecule has 0 bridgehead atoms. The number of phenolic OH excluding ortho intramolecular Hbond substituents is 1. The Morgan fingerprint density at radius 3 is 2.06 bits per heavy atom. The summed E-state index contributed by atoms with van der Waals surface area (Å²) in [4.78, 5) is 11.9. The van der Waals surface area contributed by atoms with E-state index in [0.29, 0.717) is 11.1 Å². The van der Waals surface area contributed by atoms with E-state index >= 15 is 0 Å². The maximum Gasteiger partial charge on any atom is 2.00 e. The number of rotatable bonds is 2. The van der Waals surface area contributed by atoms with Crippen molar-refractivity contribution in [2.24, 2.45) is 0 Å². The van der Waals surface area contributed by atoms with E-state index in [4.69, 9.17) is 0 Å². The SMILES string of the molecule is O=C(c1ccccc1)c1ccccc1O.[Zn+2]. The Kier molecular flexibility index (Phi) is 4.39. The van der Waals surface area contributed by atoms with Crippen LogP contribution in [0.4, 0.5) is 0 Å². The quantitative estimate of drug-likeness (QED) is 0.668. The van der Waals surface area contributed by atoms with E-state index in [1.165, 1.54) is 6.07 Å². The van der Waals surface area contributed by atoms with Gasteiger partial charge in [0.25, 0.3) is 0 Å². The fourth-order valence-electron chi connectivity index (χ4n) is 1.41. The Balaban J connectivity index is 0.00000128. The summed E-state index contributed by atoms with van der Waals surface area (Å²) >= 11 is 0. The average Bonchev–Trinajstić information content (AvgIpc) is 2.30. The molecular formula is C13H10O2Zn+2. The number of aromatic hydroxyl groups is 1. The van der Waals surface area contributed by atoms with E-state index in [0.717, 1.165) is 0 Å². The molecule has 0 aliphatic rings. The number of hydrogen-bond acceptors (Lipinski definition) is 2. The van der Waals surface area contributed by atoms with Crippen LogP contribution < -0.4 is 0 Å². The molecule has 2 rings (SSSR count). The van der Waals surface area contributed by atoms with Crippen LogP contribution in [0.5, 0.6) is 5.75 Å². The van der Waals surface area contributed by atoms with Crippen molar-refractivity contribution in [1.29, 1.82) is 0 Å². The Labute approximate surface area is 107 Å². The van der Waals surface area contributed by atoms with Gasteiger partial charge < -0.3 is 5.11 Å². The fourth-order valence-corrected chi connectivity index (χ4v) is 1.41. The van der Waals surface area contributed by atoms with E-state index in [1.54, 1.807) is 42.5 Å². The molecule has 2 aromatic rings. The molecule has 0 spiro atoms. The molecule has 3 heteroatoms. The number of benzene rings is 2. The van der Waals surface area contributed by atoms with E-state index in [2.05, 4.69) is 0 Å². The molecular weight excluding hydrogens is 254 g/mol. The van der Waals surface area contributed by atoms with Crippen molar-refractivity contribution in [3.8, 4) is 5.75 Å². The van der Waals surface area contributed by atoms with Crippen molar-refractivity contribution in [3.63, 3.8) is 0 Å². The predicted molar refractivity (Wildman–Crippen MR) is 58.0 cm³/mol. The largest absolute Gasteiger partial charge is 2.00 e. The first-order valence-electron chi connectivity index (χ1n) is 4.67. The molecule has 0 fully saturated rings. The third-order valence-electron chi connectivity index (χ3n) is 2.18. The Hall–Kier alpha value is -1.47. The molecule has 16 heavy (non-hydrogen) atoms. The van der Waals surface area contributed by atoms with Gasteiger partial charge in [0.2, 0.25) is 0 Å². The topological polar surface area (TPSA) is 37.3 Å². The van der Waals surface area contributed by atoms with Gasteiger partial charge in [-0.1, -0.05) is 42.5 Å². The molecule has 0 atom stereocenters. The van der Waals surface area contributed by atoms with E-state index in [9.17, 15) is 9.90 Å². The van der Waals surface area contributed by atoms with Gasteiger partial charge in [0.1, 0.15) is 5.75 Å². The number of carbonyl (C=O) groups excluding carboxylic acids is 1. The normalized spacial score (nSPS) is 9.25. The summed E-state index contributed by atoms with van der Waals surface area (Å²) in [5.74, 6) is -0.139. The molecule has 2 nitrogen and oxygen atoms in total. The summed E-state index contributed by atoms with van der Waals surface area (Å²) in [6.45, 7) is 0. The first-order chi connectivity index (χ1) is 7.29. The minimum Gasteiger partial charge on any atom is -0.507 e. The molecule has 0 aliphatic heterocycles. The van der Waals surface area contributed by atoms with Crippen molar-refractivity contribution < 1.29 is 29.4 Å². The summed E-state index contributed by atoms with van der Waals surface area (Å²) in [7, 11) is 0. The zero-order chi connectivity index (χ0) is 10.7. The number of hydrogen-bond donors (Lipinski definition) is 1. The van der Waals surface area contributed by atoms with Gasteiger partial charge in [-0.2, -0.15) is 0 Å². The van der Waals surface area contributed by atoms with Gasteiger partial charge in [-0.15, -0.1) is 0 Å². The molecule has 0 aromatic heterocycles. The summed E-state index contributed by atoms with van der Waals surface area (Å²) < 4.78 is 0. The smallest absolute Gasteiger partial charge is 0.507 e. The van der Waals surface area contributed by atoms with Gasteiger partial charge in [0, 0.05) is 5.56 Å². The molecule has 74 valence electrons. The van der Waals surface area contributed by atoms with E-state index < -0.39 is 0 Å². The second kappa shape index (κ2) is 5.57. The zero-order valence-electron chi connectivity index (χ0n) is 8.76. The van der Waals surface area contributed by atoms with Gasteiger partial charge in [-0.3, -0.25) is 4.79 Å². The molecule has 0 radical (unpaired) electrons. The molecule has 2 aromatic carbocycles. The van der Waals surface area contributed by atoms with Crippen LogP contribution >= 0.6 is 0 Å². The van der Waals surface area contributed by atoms with Gasteiger partial charge in [0.05, 0.1) is 5.56 Å². The summed E-state index contributed by atoms with van der Waals surface area (Å²) in [6.07, 6.45) is 0. The van der Waals surface area contributed by atoms with Crippen molar-refractivity contribution in [1.82, 2.24) is 0 Å².